The number of hydrogen-bond donors (Lipinski definition) is 3. The fourth-order valence-electron chi connectivity index (χ4n) is 2.65. The fourth-order valence-corrected chi connectivity index (χ4v) is 2.65. The van der Waals surface area contributed by atoms with E-state index < -0.39 is 5.60 Å². The van der Waals surface area contributed by atoms with Crippen LogP contribution in [0.2, 0.25) is 0 Å². The van der Waals surface area contributed by atoms with Gasteiger partial charge in [0, 0.05) is 19.4 Å². The van der Waals surface area contributed by atoms with Crippen LogP contribution in [0.5, 0.6) is 0 Å². The molecule has 0 fully saturated rings. The van der Waals surface area contributed by atoms with E-state index in [9.17, 15) is 14.7 Å². The first-order valence-electron chi connectivity index (χ1n) is 8.80. The number of aromatic amines is 1. The van der Waals surface area contributed by atoms with Gasteiger partial charge in [-0.15, -0.1) is 0 Å². The highest BCUT2D eigenvalue weighted by molar-refractivity contribution is 5.77. The van der Waals surface area contributed by atoms with Gasteiger partial charge in [-0.05, 0) is 31.4 Å². The molecule has 0 aliphatic heterocycles. The van der Waals surface area contributed by atoms with E-state index in [1.165, 1.54) is 0 Å². The van der Waals surface area contributed by atoms with Gasteiger partial charge in [-0.25, -0.2) is 4.98 Å². The molecule has 0 unspecified atom stereocenters. The number of nitrogens with zero attached hydrogens (tertiary/aromatic N) is 1. The molecule has 0 aliphatic carbocycles. The summed E-state index contributed by atoms with van der Waals surface area (Å²) in [4.78, 5) is 31.1. The molecule has 0 spiro atoms. The molecule has 0 saturated heterocycles. The van der Waals surface area contributed by atoms with Crippen LogP contribution >= 0.6 is 0 Å². The molecule has 1 aromatic heterocycles. The summed E-state index contributed by atoms with van der Waals surface area (Å²) in [7, 11) is 0. The van der Waals surface area contributed by atoms with Crippen molar-refractivity contribution in [3.05, 3.63) is 40.4 Å². The highest BCUT2D eigenvalue weighted by Crippen LogP contribution is 2.18. The lowest BCUT2D eigenvalue weighted by molar-refractivity contribution is -0.122. The van der Waals surface area contributed by atoms with Crippen LogP contribution in [0.1, 0.15) is 45.9 Å². The number of fused-ring (bicyclic) bond motifs is 1. The summed E-state index contributed by atoms with van der Waals surface area (Å²) in [6, 6.07) is 7.19. The molecule has 0 bridgehead atoms. The standard InChI is InChI=1S/C19H27N3O3/c1-4-13(2)19(3,25)12-20-17(23)11-7-10-16-21-15-9-6-5-8-14(15)18(24)22-16/h5-6,8-9,13,25H,4,7,10-12H2,1-3H3,(H,20,23)(H,21,22,24)/t13-,19-/m1/s1. The molecular formula is C19H27N3O3. The molecule has 6 heteroatoms. The van der Waals surface area contributed by atoms with Gasteiger partial charge in [0.05, 0.1) is 16.5 Å². The first-order chi connectivity index (χ1) is 11.8. The van der Waals surface area contributed by atoms with Crippen LogP contribution in [0.4, 0.5) is 0 Å². The van der Waals surface area contributed by atoms with Gasteiger partial charge in [0.15, 0.2) is 0 Å². The molecule has 2 aromatic rings. The zero-order valence-electron chi connectivity index (χ0n) is 15.1. The second-order valence-electron chi connectivity index (χ2n) is 6.83. The van der Waals surface area contributed by atoms with Crippen LogP contribution in [0.15, 0.2) is 29.1 Å². The molecule has 0 aliphatic rings. The molecule has 2 atom stereocenters. The van der Waals surface area contributed by atoms with Crippen molar-refractivity contribution in [2.45, 2.75) is 52.1 Å². The number of hydrogen-bond acceptors (Lipinski definition) is 4. The minimum absolute atomic E-state index is 0.105. The number of nitrogens with one attached hydrogen (secondary N) is 2. The normalized spacial score (nSPS) is 14.9. The Labute approximate surface area is 147 Å². The maximum absolute atomic E-state index is 12.0. The molecule has 1 heterocycles. The van der Waals surface area contributed by atoms with E-state index in [1.807, 2.05) is 19.9 Å². The van der Waals surface area contributed by atoms with E-state index in [0.717, 1.165) is 6.42 Å². The Bertz CT molecular complexity index is 783. The van der Waals surface area contributed by atoms with E-state index in [0.29, 0.717) is 36.0 Å². The van der Waals surface area contributed by atoms with Gasteiger partial charge >= 0.3 is 0 Å². The molecule has 0 radical (unpaired) electrons. The molecule has 1 aromatic carbocycles. The van der Waals surface area contributed by atoms with Gasteiger partial charge in [-0.3, -0.25) is 9.59 Å². The van der Waals surface area contributed by atoms with Crippen LogP contribution in [-0.2, 0) is 11.2 Å². The van der Waals surface area contributed by atoms with Crippen LogP contribution < -0.4 is 10.9 Å². The van der Waals surface area contributed by atoms with E-state index in [2.05, 4.69) is 15.3 Å². The summed E-state index contributed by atoms with van der Waals surface area (Å²) in [5.74, 6) is 0.592. The SMILES string of the molecule is CC[C@@H](C)[C@](C)(O)CNC(=O)CCCc1nc2ccccc2c(=O)[nH]1. The van der Waals surface area contributed by atoms with Gasteiger partial charge in [-0.1, -0.05) is 32.4 Å². The first-order valence-corrected chi connectivity index (χ1v) is 8.80. The molecule has 6 nitrogen and oxygen atoms in total. The summed E-state index contributed by atoms with van der Waals surface area (Å²) in [6.45, 7) is 5.96. The number of rotatable bonds is 8. The van der Waals surface area contributed by atoms with Gasteiger partial charge < -0.3 is 15.4 Å². The predicted molar refractivity (Wildman–Crippen MR) is 98.4 cm³/mol. The third-order valence-corrected chi connectivity index (χ3v) is 4.80. The fraction of sp³-hybridized carbons (Fsp3) is 0.526. The molecule has 1 amide bonds. The monoisotopic (exact) mass is 345 g/mol. The third kappa shape index (κ3) is 5.13. The Balaban J connectivity index is 1.84. The highest BCUT2D eigenvalue weighted by atomic mass is 16.3. The number of H-pyrrole nitrogens is 1. The maximum atomic E-state index is 12.0. The van der Waals surface area contributed by atoms with Crippen LogP contribution in [0.25, 0.3) is 10.9 Å². The quantitative estimate of drug-likeness (QED) is 0.683. The zero-order chi connectivity index (χ0) is 18.4. The van der Waals surface area contributed by atoms with Crippen molar-refractivity contribution in [2.24, 2.45) is 5.92 Å². The Morgan fingerprint density at radius 1 is 1.40 bits per heavy atom. The molecular weight excluding hydrogens is 318 g/mol. The van der Waals surface area contributed by atoms with E-state index >= 15 is 0 Å². The predicted octanol–water partition coefficient (Wildman–Crippen LogP) is 2.16. The number of aryl methyl sites for hydroxylation is 1. The minimum atomic E-state index is -0.907. The topological polar surface area (TPSA) is 95.1 Å². The summed E-state index contributed by atoms with van der Waals surface area (Å²) < 4.78 is 0. The molecule has 136 valence electrons. The largest absolute Gasteiger partial charge is 0.388 e. The Kier molecular flexibility index (Phi) is 6.31. The number of benzene rings is 1. The lowest BCUT2D eigenvalue weighted by Crippen LogP contribution is -2.45. The molecule has 25 heavy (non-hydrogen) atoms. The van der Waals surface area contributed by atoms with Crippen molar-refractivity contribution in [3.63, 3.8) is 0 Å². The van der Waals surface area contributed by atoms with Crippen molar-refractivity contribution in [1.29, 1.82) is 0 Å². The third-order valence-electron chi connectivity index (χ3n) is 4.80. The van der Waals surface area contributed by atoms with Crippen molar-refractivity contribution in [3.8, 4) is 0 Å². The number of para-hydroxylation sites is 1. The van der Waals surface area contributed by atoms with Crippen LogP contribution in [-0.4, -0.2) is 33.1 Å². The van der Waals surface area contributed by atoms with Gasteiger partial charge in [-0.2, -0.15) is 0 Å². The Morgan fingerprint density at radius 3 is 2.84 bits per heavy atom. The van der Waals surface area contributed by atoms with Crippen LogP contribution in [0, 0.1) is 5.92 Å². The average molecular weight is 345 g/mol. The van der Waals surface area contributed by atoms with Crippen molar-refractivity contribution >= 4 is 16.8 Å². The van der Waals surface area contributed by atoms with Gasteiger partial charge in [0.2, 0.25) is 5.91 Å². The molecule has 0 saturated carbocycles. The Morgan fingerprint density at radius 2 is 2.12 bits per heavy atom. The van der Waals surface area contributed by atoms with Crippen LogP contribution in [0.3, 0.4) is 0 Å². The van der Waals surface area contributed by atoms with Crippen molar-refractivity contribution in [2.75, 3.05) is 6.54 Å². The van der Waals surface area contributed by atoms with E-state index in [-0.39, 0.29) is 23.9 Å². The van der Waals surface area contributed by atoms with Gasteiger partial charge in [0.1, 0.15) is 5.82 Å². The second kappa shape index (κ2) is 8.25. The summed E-state index contributed by atoms with van der Waals surface area (Å²) >= 11 is 0. The number of amides is 1. The number of aromatic nitrogens is 2. The zero-order valence-corrected chi connectivity index (χ0v) is 15.1. The lowest BCUT2D eigenvalue weighted by atomic mass is 9.88. The Hall–Kier alpha value is -2.21. The average Bonchev–Trinajstić information content (AvgIpc) is 2.59. The summed E-state index contributed by atoms with van der Waals surface area (Å²) in [5.41, 5.74) is -0.403. The number of carbonyl (C=O) groups excluding carboxylic acids is 1. The number of carbonyl (C=O) groups is 1. The van der Waals surface area contributed by atoms with Crippen molar-refractivity contribution < 1.29 is 9.90 Å². The smallest absolute Gasteiger partial charge is 0.258 e. The number of aliphatic hydroxyl groups is 1. The lowest BCUT2D eigenvalue weighted by Gasteiger charge is -2.29. The molecule has 3 N–H and O–H groups in total. The van der Waals surface area contributed by atoms with Gasteiger partial charge in [0.25, 0.3) is 5.56 Å². The molecule has 2 rings (SSSR count). The highest BCUT2D eigenvalue weighted by Gasteiger charge is 2.27. The summed E-state index contributed by atoms with van der Waals surface area (Å²) in [6.07, 6.45) is 2.28. The summed E-state index contributed by atoms with van der Waals surface area (Å²) in [5, 5.41) is 13.7. The second-order valence-corrected chi connectivity index (χ2v) is 6.83. The van der Waals surface area contributed by atoms with E-state index in [4.69, 9.17) is 0 Å². The maximum Gasteiger partial charge on any atom is 0.258 e. The van der Waals surface area contributed by atoms with Crippen molar-refractivity contribution in [1.82, 2.24) is 15.3 Å². The first kappa shape index (κ1) is 19.1. The van der Waals surface area contributed by atoms with E-state index in [1.54, 1.807) is 25.1 Å². The minimum Gasteiger partial charge on any atom is -0.388 e.